The molecule has 2 rings (SSSR count). The summed E-state index contributed by atoms with van der Waals surface area (Å²) < 4.78 is 5.23. The lowest BCUT2D eigenvalue weighted by Crippen LogP contribution is -2.05. The van der Waals surface area contributed by atoms with Crippen LogP contribution in [0.4, 0.5) is 0 Å². The third-order valence-electron chi connectivity index (χ3n) is 2.45. The highest BCUT2D eigenvalue weighted by Crippen LogP contribution is 2.29. The Morgan fingerprint density at radius 2 is 1.94 bits per heavy atom. The van der Waals surface area contributed by atoms with Crippen molar-refractivity contribution in [3.8, 4) is 11.1 Å². The standard InChI is InChI=1S/C13H9BrClNO2/c1-18-13(17)11-10(6-7-16-12(11)14)8-2-4-9(15)5-3-8/h2-7H,1H3. The maximum absolute atomic E-state index is 11.8. The van der Waals surface area contributed by atoms with E-state index in [4.69, 9.17) is 16.3 Å². The summed E-state index contributed by atoms with van der Waals surface area (Å²) in [4.78, 5) is 15.8. The molecule has 0 fully saturated rings. The van der Waals surface area contributed by atoms with Crippen molar-refractivity contribution in [2.75, 3.05) is 7.11 Å². The molecule has 0 amide bonds. The summed E-state index contributed by atoms with van der Waals surface area (Å²) in [7, 11) is 1.34. The fraction of sp³-hybridized carbons (Fsp3) is 0.0769. The predicted molar refractivity (Wildman–Crippen MR) is 73.7 cm³/mol. The largest absolute Gasteiger partial charge is 0.465 e. The Morgan fingerprint density at radius 3 is 2.56 bits per heavy atom. The Hall–Kier alpha value is -1.39. The zero-order valence-electron chi connectivity index (χ0n) is 9.48. The second-order valence-corrected chi connectivity index (χ2v) is 4.71. The summed E-state index contributed by atoms with van der Waals surface area (Å²) in [6, 6.07) is 8.99. The fourth-order valence-corrected chi connectivity index (χ4v) is 2.22. The first-order valence-electron chi connectivity index (χ1n) is 5.12. The van der Waals surface area contributed by atoms with Crippen LogP contribution in [0, 0.1) is 0 Å². The molecule has 3 nitrogen and oxygen atoms in total. The van der Waals surface area contributed by atoms with Gasteiger partial charge in [0.2, 0.25) is 0 Å². The zero-order valence-corrected chi connectivity index (χ0v) is 11.8. The molecular formula is C13H9BrClNO2. The van der Waals surface area contributed by atoms with Crippen molar-refractivity contribution in [1.29, 1.82) is 0 Å². The van der Waals surface area contributed by atoms with Gasteiger partial charge in [0.05, 0.1) is 7.11 Å². The van der Waals surface area contributed by atoms with Crippen LogP contribution in [-0.4, -0.2) is 18.1 Å². The number of ether oxygens (including phenoxy) is 1. The number of halogens is 2. The van der Waals surface area contributed by atoms with Gasteiger partial charge in [0, 0.05) is 16.8 Å². The number of hydrogen-bond donors (Lipinski definition) is 0. The molecule has 0 saturated carbocycles. The SMILES string of the molecule is COC(=O)c1c(-c2ccc(Cl)cc2)ccnc1Br. The minimum atomic E-state index is -0.431. The molecule has 0 N–H and O–H groups in total. The van der Waals surface area contributed by atoms with Crippen LogP contribution in [-0.2, 0) is 4.74 Å². The lowest BCUT2D eigenvalue weighted by atomic mass is 10.0. The van der Waals surface area contributed by atoms with Crippen molar-refractivity contribution in [2.45, 2.75) is 0 Å². The molecule has 5 heteroatoms. The molecule has 0 atom stereocenters. The smallest absolute Gasteiger partial charge is 0.341 e. The molecule has 0 radical (unpaired) electrons. The Bertz CT molecular complexity index is 584. The van der Waals surface area contributed by atoms with E-state index in [9.17, 15) is 4.79 Å². The maximum Gasteiger partial charge on any atom is 0.341 e. The summed E-state index contributed by atoms with van der Waals surface area (Å²) in [6.45, 7) is 0. The first kappa shape index (κ1) is 13.1. The molecule has 1 aromatic carbocycles. The van der Waals surface area contributed by atoms with E-state index in [0.717, 1.165) is 11.1 Å². The van der Waals surface area contributed by atoms with Crippen molar-refractivity contribution in [3.63, 3.8) is 0 Å². The van der Waals surface area contributed by atoms with Crippen molar-refractivity contribution in [2.24, 2.45) is 0 Å². The van der Waals surface area contributed by atoms with E-state index in [0.29, 0.717) is 15.2 Å². The van der Waals surface area contributed by atoms with E-state index in [1.54, 1.807) is 24.4 Å². The van der Waals surface area contributed by atoms with Gasteiger partial charge in [0.25, 0.3) is 0 Å². The molecule has 0 unspecified atom stereocenters. The third-order valence-corrected chi connectivity index (χ3v) is 3.30. The number of aromatic nitrogens is 1. The highest BCUT2D eigenvalue weighted by molar-refractivity contribution is 9.10. The summed E-state index contributed by atoms with van der Waals surface area (Å²) in [5.41, 5.74) is 2.03. The van der Waals surface area contributed by atoms with E-state index in [-0.39, 0.29) is 0 Å². The Morgan fingerprint density at radius 1 is 1.28 bits per heavy atom. The van der Waals surface area contributed by atoms with Crippen LogP contribution in [0.3, 0.4) is 0 Å². The third kappa shape index (κ3) is 2.54. The van der Waals surface area contributed by atoms with E-state index in [1.165, 1.54) is 7.11 Å². The Labute approximate surface area is 118 Å². The highest BCUT2D eigenvalue weighted by Gasteiger charge is 2.17. The highest BCUT2D eigenvalue weighted by atomic mass is 79.9. The summed E-state index contributed by atoms with van der Waals surface area (Å²) in [5, 5.41) is 0.645. The van der Waals surface area contributed by atoms with Gasteiger partial charge in [-0.25, -0.2) is 9.78 Å². The first-order valence-corrected chi connectivity index (χ1v) is 6.29. The summed E-state index contributed by atoms with van der Waals surface area (Å²) >= 11 is 9.11. The number of methoxy groups -OCH3 is 1. The van der Waals surface area contributed by atoms with Crippen molar-refractivity contribution >= 4 is 33.5 Å². The molecule has 0 spiro atoms. The molecule has 92 valence electrons. The number of carbonyl (C=O) groups is 1. The second kappa shape index (κ2) is 5.50. The van der Waals surface area contributed by atoms with Crippen molar-refractivity contribution < 1.29 is 9.53 Å². The van der Waals surface area contributed by atoms with Gasteiger partial charge in [0.1, 0.15) is 10.2 Å². The van der Waals surface area contributed by atoms with E-state index < -0.39 is 5.97 Å². The van der Waals surface area contributed by atoms with Crippen LogP contribution in [0.5, 0.6) is 0 Å². The number of benzene rings is 1. The number of nitrogens with zero attached hydrogens (tertiary/aromatic N) is 1. The van der Waals surface area contributed by atoms with Crippen LogP contribution < -0.4 is 0 Å². The average molecular weight is 327 g/mol. The van der Waals surface area contributed by atoms with Gasteiger partial charge in [-0.3, -0.25) is 0 Å². The number of pyridine rings is 1. The quantitative estimate of drug-likeness (QED) is 0.619. The number of hydrogen-bond acceptors (Lipinski definition) is 3. The number of rotatable bonds is 2. The molecule has 0 aliphatic rings. The molecule has 0 bridgehead atoms. The number of esters is 1. The molecule has 0 saturated heterocycles. The van der Waals surface area contributed by atoms with Crippen molar-refractivity contribution in [3.05, 3.63) is 51.7 Å². The molecule has 2 aromatic rings. The van der Waals surface area contributed by atoms with Crippen LogP contribution in [0.25, 0.3) is 11.1 Å². The minimum absolute atomic E-state index is 0.405. The van der Waals surface area contributed by atoms with E-state index in [2.05, 4.69) is 20.9 Å². The van der Waals surface area contributed by atoms with E-state index in [1.807, 2.05) is 12.1 Å². The normalized spacial score (nSPS) is 10.2. The van der Waals surface area contributed by atoms with Gasteiger partial charge < -0.3 is 4.74 Å². The first-order chi connectivity index (χ1) is 8.63. The van der Waals surface area contributed by atoms with Gasteiger partial charge in [-0.05, 0) is 39.7 Å². The van der Waals surface area contributed by atoms with Crippen LogP contribution in [0.2, 0.25) is 5.02 Å². The molecule has 18 heavy (non-hydrogen) atoms. The fourth-order valence-electron chi connectivity index (χ4n) is 1.60. The molecule has 0 aliphatic carbocycles. The molecule has 1 heterocycles. The van der Waals surface area contributed by atoms with Crippen molar-refractivity contribution in [1.82, 2.24) is 4.98 Å². The van der Waals surface area contributed by atoms with Gasteiger partial charge in [-0.1, -0.05) is 23.7 Å². The summed E-state index contributed by atoms with van der Waals surface area (Å²) in [6.07, 6.45) is 1.63. The zero-order chi connectivity index (χ0) is 13.1. The van der Waals surface area contributed by atoms with Gasteiger partial charge in [-0.15, -0.1) is 0 Å². The molecule has 0 aliphatic heterocycles. The Kier molecular flexibility index (Phi) is 3.99. The molecular weight excluding hydrogens is 318 g/mol. The van der Waals surface area contributed by atoms with Crippen LogP contribution >= 0.6 is 27.5 Å². The molecule has 1 aromatic heterocycles. The van der Waals surface area contributed by atoms with E-state index >= 15 is 0 Å². The van der Waals surface area contributed by atoms with Gasteiger partial charge in [-0.2, -0.15) is 0 Å². The second-order valence-electron chi connectivity index (χ2n) is 3.52. The lowest BCUT2D eigenvalue weighted by Gasteiger charge is -2.09. The topological polar surface area (TPSA) is 39.2 Å². The maximum atomic E-state index is 11.8. The minimum Gasteiger partial charge on any atom is -0.465 e. The van der Waals surface area contributed by atoms with Crippen LogP contribution in [0.15, 0.2) is 41.1 Å². The monoisotopic (exact) mass is 325 g/mol. The Balaban J connectivity index is 2.60. The van der Waals surface area contributed by atoms with Crippen LogP contribution in [0.1, 0.15) is 10.4 Å². The number of carbonyl (C=O) groups excluding carboxylic acids is 1. The van der Waals surface area contributed by atoms with Gasteiger partial charge in [0.15, 0.2) is 0 Å². The predicted octanol–water partition coefficient (Wildman–Crippen LogP) is 3.95. The summed E-state index contributed by atoms with van der Waals surface area (Å²) in [5.74, 6) is -0.431. The average Bonchev–Trinajstić information content (AvgIpc) is 2.38. The lowest BCUT2D eigenvalue weighted by molar-refractivity contribution is 0.0600. The van der Waals surface area contributed by atoms with Gasteiger partial charge >= 0.3 is 5.97 Å².